The zero-order valence-electron chi connectivity index (χ0n) is 17.2. The molecule has 1 unspecified atom stereocenters. The van der Waals surface area contributed by atoms with Gasteiger partial charge in [0.05, 0.1) is 5.56 Å². The standard InChI is InChI=1S/C25H21NO6/c26-14-19-7-8-20(29-15-17-6-9-22-24(12-17)31-16-30-22)13-23(19)32-21(10-11-25(27)28)18-4-2-1-3-5-18/h1-9,12-13,21H,10-11,15-16H2,(H,27,28). The predicted molar refractivity (Wildman–Crippen MR) is 115 cm³/mol. The molecule has 0 amide bonds. The second-order valence-corrected chi connectivity index (χ2v) is 7.20. The number of benzene rings is 3. The van der Waals surface area contributed by atoms with Crippen molar-refractivity contribution in [3.63, 3.8) is 0 Å². The van der Waals surface area contributed by atoms with E-state index in [2.05, 4.69) is 6.07 Å². The van der Waals surface area contributed by atoms with Gasteiger partial charge in [0.15, 0.2) is 11.5 Å². The van der Waals surface area contributed by atoms with Gasteiger partial charge in [0, 0.05) is 12.5 Å². The maximum Gasteiger partial charge on any atom is 0.303 e. The van der Waals surface area contributed by atoms with Crippen molar-refractivity contribution in [2.75, 3.05) is 6.79 Å². The Bertz CT molecular complexity index is 1140. The highest BCUT2D eigenvalue weighted by atomic mass is 16.7. The maximum atomic E-state index is 11.1. The van der Waals surface area contributed by atoms with Crippen molar-refractivity contribution < 1.29 is 28.8 Å². The third-order valence-electron chi connectivity index (χ3n) is 4.98. The molecule has 1 atom stereocenters. The fraction of sp³-hybridized carbons (Fsp3) is 0.200. The highest BCUT2D eigenvalue weighted by molar-refractivity contribution is 5.66. The van der Waals surface area contributed by atoms with E-state index < -0.39 is 12.1 Å². The second kappa shape index (κ2) is 9.75. The highest BCUT2D eigenvalue weighted by Gasteiger charge is 2.18. The summed E-state index contributed by atoms with van der Waals surface area (Å²) in [4.78, 5) is 11.1. The Hall–Kier alpha value is -4.18. The molecule has 0 aliphatic carbocycles. The predicted octanol–water partition coefficient (Wildman–Crippen LogP) is 4.85. The molecule has 1 aliphatic heterocycles. The molecule has 1 aliphatic rings. The molecular formula is C25H21NO6. The largest absolute Gasteiger partial charge is 0.489 e. The number of carbonyl (C=O) groups is 1. The minimum absolute atomic E-state index is 0.0538. The summed E-state index contributed by atoms with van der Waals surface area (Å²) in [5.41, 5.74) is 2.09. The lowest BCUT2D eigenvalue weighted by Gasteiger charge is -2.20. The topological polar surface area (TPSA) is 98.0 Å². The van der Waals surface area contributed by atoms with Gasteiger partial charge in [-0.1, -0.05) is 36.4 Å². The Morgan fingerprint density at radius 1 is 1.06 bits per heavy atom. The average molecular weight is 431 g/mol. The average Bonchev–Trinajstić information content (AvgIpc) is 3.29. The molecule has 4 rings (SSSR count). The molecule has 1 N–H and O–H groups in total. The summed E-state index contributed by atoms with van der Waals surface area (Å²) >= 11 is 0. The number of ether oxygens (including phenoxy) is 4. The lowest BCUT2D eigenvalue weighted by atomic mass is 10.0. The van der Waals surface area contributed by atoms with Gasteiger partial charge in [-0.2, -0.15) is 5.26 Å². The first-order chi connectivity index (χ1) is 15.6. The molecule has 0 radical (unpaired) electrons. The van der Waals surface area contributed by atoms with E-state index in [1.807, 2.05) is 48.5 Å². The highest BCUT2D eigenvalue weighted by Crippen LogP contribution is 2.34. The van der Waals surface area contributed by atoms with Gasteiger partial charge in [0.1, 0.15) is 30.3 Å². The number of rotatable bonds is 9. The minimum Gasteiger partial charge on any atom is -0.489 e. The molecule has 7 nitrogen and oxygen atoms in total. The lowest BCUT2D eigenvalue weighted by Crippen LogP contribution is -2.11. The summed E-state index contributed by atoms with van der Waals surface area (Å²) in [6, 6.07) is 22.0. The third kappa shape index (κ3) is 5.10. The van der Waals surface area contributed by atoms with Gasteiger partial charge >= 0.3 is 5.97 Å². The van der Waals surface area contributed by atoms with Gasteiger partial charge in [-0.25, -0.2) is 0 Å². The maximum absolute atomic E-state index is 11.1. The number of nitriles is 1. The Kier molecular flexibility index (Phi) is 6.42. The quantitative estimate of drug-likeness (QED) is 0.517. The Morgan fingerprint density at radius 2 is 1.88 bits per heavy atom. The SMILES string of the molecule is N#Cc1ccc(OCc2ccc3c(c2)OCO3)cc1OC(CCC(=O)O)c1ccccc1. The first kappa shape index (κ1) is 21.1. The molecule has 0 aromatic heterocycles. The summed E-state index contributed by atoms with van der Waals surface area (Å²) in [6.07, 6.45) is -0.294. The molecule has 0 saturated carbocycles. The second-order valence-electron chi connectivity index (χ2n) is 7.20. The molecule has 0 spiro atoms. The summed E-state index contributed by atoms with van der Waals surface area (Å²) < 4.78 is 22.7. The molecule has 7 heteroatoms. The van der Waals surface area contributed by atoms with E-state index in [-0.39, 0.29) is 19.6 Å². The van der Waals surface area contributed by atoms with Crippen molar-refractivity contribution in [2.45, 2.75) is 25.6 Å². The van der Waals surface area contributed by atoms with Crippen molar-refractivity contribution in [1.82, 2.24) is 0 Å². The number of aliphatic carboxylic acids is 1. The molecule has 0 saturated heterocycles. The van der Waals surface area contributed by atoms with Crippen LogP contribution in [0.15, 0.2) is 66.7 Å². The summed E-state index contributed by atoms with van der Waals surface area (Å²) in [7, 11) is 0. The van der Waals surface area contributed by atoms with Crippen molar-refractivity contribution in [1.29, 1.82) is 5.26 Å². The number of carboxylic acid groups (broad SMARTS) is 1. The van der Waals surface area contributed by atoms with Crippen LogP contribution in [-0.2, 0) is 11.4 Å². The van der Waals surface area contributed by atoms with Crippen LogP contribution in [0.3, 0.4) is 0 Å². The number of fused-ring (bicyclic) bond motifs is 1. The Morgan fingerprint density at radius 3 is 2.66 bits per heavy atom. The fourth-order valence-electron chi connectivity index (χ4n) is 3.35. The van der Waals surface area contributed by atoms with Crippen molar-refractivity contribution >= 4 is 5.97 Å². The molecule has 1 heterocycles. The van der Waals surface area contributed by atoms with Crippen LogP contribution < -0.4 is 18.9 Å². The summed E-state index contributed by atoms with van der Waals surface area (Å²) in [5, 5.41) is 18.6. The zero-order valence-corrected chi connectivity index (χ0v) is 17.2. The Balaban J connectivity index is 1.51. The first-order valence-electron chi connectivity index (χ1n) is 10.1. The first-order valence-corrected chi connectivity index (χ1v) is 10.1. The van der Waals surface area contributed by atoms with E-state index in [1.54, 1.807) is 18.2 Å². The zero-order chi connectivity index (χ0) is 22.3. The van der Waals surface area contributed by atoms with Crippen LogP contribution in [0.5, 0.6) is 23.0 Å². The number of hydrogen-bond acceptors (Lipinski definition) is 6. The van der Waals surface area contributed by atoms with Gasteiger partial charge in [-0.15, -0.1) is 0 Å². The lowest BCUT2D eigenvalue weighted by molar-refractivity contribution is -0.137. The minimum atomic E-state index is -0.907. The van der Waals surface area contributed by atoms with Crippen molar-refractivity contribution in [3.05, 3.63) is 83.4 Å². The van der Waals surface area contributed by atoms with Crippen LogP contribution in [0.1, 0.15) is 35.6 Å². The van der Waals surface area contributed by atoms with Gasteiger partial charge < -0.3 is 24.1 Å². The van der Waals surface area contributed by atoms with E-state index in [9.17, 15) is 10.1 Å². The van der Waals surface area contributed by atoms with E-state index in [4.69, 9.17) is 24.1 Å². The summed E-state index contributed by atoms with van der Waals surface area (Å²) in [5.74, 6) is 1.35. The van der Waals surface area contributed by atoms with Crippen LogP contribution >= 0.6 is 0 Å². The van der Waals surface area contributed by atoms with Crippen LogP contribution in [0.2, 0.25) is 0 Å². The monoisotopic (exact) mass is 431 g/mol. The van der Waals surface area contributed by atoms with Crippen LogP contribution in [0.25, 0.3) is 0 Å². The Labute approximate surface area is 185 Å². The molecule has 32 heavy (non-hydrogen) atoms. The van der Waals surface area contributed by atoms with Crippen LogP contribution in [0, 0.1) is 11.3 Å². The van der Waals surface area contributed by atoms with Crippen LogP contribution in [-0.4, -0.2) is 17.9 Å². The van der Waals surface area contributed by atoms with Crippen LogP contribution in [0.4, 0.5) is 0 Å². The van der Waals surface area contributed by atoms with Gasteiger partial charge in [-0.3, -0.25) is 4.79 Å². The smallest absolute Gasteiger partial charge is 0.303 e. The number of nitrogens with zero attached hydrogens (tertiary/aromatic N) is 1. The van der Waals surface area contributed by atoms with E-state index in [0.29, 0.717) is 35.2 Å². The molecule has 0 fully saturated rings. The van der Waals surface area contributed by atoms with Crippen molar-refractivity contribution in [2.24, 2.45) is 0 Å². The van der Waals surface area contributed by atoms with Gasteiger partial charge in [0.2, 0.25) is 6.79 Å². The molecule has 3 aromatic carbocycles. The fourth-order valence-corrected chi connectivity index (χ4v) is 3.35. The van der Waals surface area contributed by atoms with E-state index in [1.165, 1.54) is 0 Å². The third-order valence-corrected chi connectivity index (χ3v) is 4.98. The van der Waals surface area contributed by atoms with Gasteiger partial charge in [-0.05, 0) is 41.8 Å². The van der Waals surface area contributed by atoms with Crippen molar-refractivity contribution in [3.8, 4) is 29.1 Å². The van der Waals surface area contributed by atoms with E-state index >= 15 is 0 Å². The molecular weight excluding hydrogens is 410 g/mol. The van der Waals surface area contributed by atoms with Gasteiger partial charge in [0.25, 0.3) is 0 Å². The normalized spacial score (nSPS) is 12.6. The molecule has 0 bridgehead atoms. The molecule has 162 valence electrons. The summed E-state index contributed by atoms with van der Waals surface area (Å²) in [6.45, 7) is 0.504. The van der Waals surface area contributed by atoms with E-state index in [0.717, 1.165) is 11.1 Å². The number of carboxylic acids is 1. The molecule has 3 aromatic rings. The number of hydrogen-bond donors (Lipinski definition) is 1.